The van der Waals surface area contributed by atoms with Gasteiger partial charge in [-0.25, -0.2) is 0 Å². The van der Waals surface area contributed by atoms with Gasteiger partial charge in [-0.15, -0.1) is 0 Å². The Morgan fingerprint density at radius 3 is 2.12 bits per heavy atom. The number of primary amides is 1. The van der Waals surface area contributed by atoms with Crippen LogP contribution in [-0.4, -0.2) is 20.1 Å². The van der Waals surface area contributed by atoms with Crippen LogP contribution in [0.4, 0.5) is 5.69 Å². The molecule has 88 valence electrons. The van der Waals surface area contributed by atoms with E-state index in [1.54, 1.807) is 26.4 Å². The predicted octanol–water partition coefficient (Wildman–Crippen LogP) is 0.660. The van der Waals surface area contributed by atoms with E-state index in [2.05, 4.69) is 0 Å². The first kappa shape index (κ1) is 12.5. The van der Waals surface area contributed by atoms with Crippen LogP contribution in [0.25, 0.3) is 0 Å². The summed E-state index contributed by atoms with van der Waals surface area (Å²) in [6.07, 6.45) is 0. The molecule has 1 rings (SSSR count). The van der Waals surface area contributed by atoms with Gasteiger partial charge in [-0.1, -0.05) is 0 Å². The molecule has 1 amide bonds. The normalized spacial score (nSPS) is 10.4. The van der Waals surface area contributed by atoms with Crippen LogP contribution in [0.3, 0.4) is 0 Å². The average molecular weight is 224 g/mol. The van der Waals surface area contributed by atoms with Crippen molar-refractivity contribution in [1.29, 1.82) is 0 Å². The van der Waals surface area contributed by atoms with Crippen molar-refractivity contribution in [3.05, 3.63) is 28.8 Å². The molecule has 1 aromatic carbocycles. The van der Waals surface area contributed by atoms with Crippen LogP contribution in [0.5, 0.6) is 0 Å². The molecule has 0 aromatic heterocycles. The molecular weight excluding hydrogens is 208 g/mol. The van der Waals surface area contributed by atoms with E-state index in [0.717, 1.165) is 11.1 Å². The minimum atomic E-state index is -0.543. The summed E-state index contributed by atoms with van der Waals surface area (Å²) in [7, 11) is 3.17. The Labute approximate surface area is 94.3 Å². The van der Waals surface area contributed by atoms with Crippen molar-refractivity contribution in [2.45, 2.75) is 13.2 Å². The third-order valence-corrected chi connectivity index (χ3v) is 2.24. The molecule has 16 heavy (non-hydrogen) atoms. The van der Waals surface area contributed by atoms with Gasteiger partial charge in [0.05, 0.1) is 18.8 Å². The van der Waals surface area contributed by atoms with Gasteiger partial charge < -0.3 is 20.9 Å². The first-order valence-corrected chi connectivity index (χ1v) is 4.79. The largest absolute Gasteiger partial charge is 0.398 e. The van der Waals surface area contributed by atoms with Gasteiger partial charge in [0.2, 0.25) is 0 Å². The number of nitrogens with two attached hydrogens (primary N) is 2. The van der Waals surface area contributed by atoms with Crippen LogP contribution >= 0.6 is 0 Å². The Kier molecular flexibility index (Phi) is 4.28. The van der Waals surface area contributed by atoms with E-state index in [1.165, 1.54) is 0 Å². The maximum atomic E-state index is 11.1. The highest BCUT2D eigenvalue weighted by atomic mass is 16.5. The summed E-state index contributed by atoms with van der Waals surface area (Å²) in [5, 5.41) is 0. The Morgan fingerprint density at radius 2 is 1.69 bits per heavy atom. The zero-order valence-corrected chi connectivity index (χ0v) is 9.45. The van der Waals surface area contributed by atoms with E-state index >= 15 is 0 Å². The molecule has 0 bridgehead atoms. The van der Waals surface area contributed by atoms with Gasteiger partial charge in [0, 0.05) is 19.9 Å². The van der Waals surface area contributed by atoms with E-state index < -0.39 is 5.91 Å². The standard InChI is InChI=1S/C11H16N2O3/c1-15-5-7-3-9(11(13)14)10(12)4-8(7)6-16-2/h3-4H,5-6,12H2,1-2H3,(H2,13,14). The lowest BCUT2D eigenvalue weighted by molar-refractivity contribution is 0.100. The highest BCUT2D eigenvalue weighted by Crippen LogP contribution is 2.20. The summed E-state index contributed by atoms with van der Waals surface area (Å²) in [5.41, 5.74) is 13.4. The Balaban J connectivity index is 3.19. The van der Waals surface area contributed by atoms with Crippen LogP contribution in [0.2, 0.25) is 0 Å². The predicted molar refractivity (Wildman–Crippen MR) is 60.8 cm³/mol. The highest BCUT2D eigenvalue weighted by molar-refractivity contribution is 5.98. The van der Waals surface area contributed by atoms with Crippen LogP contribution in [0.1, 0.15) is 21.5 Å². The molecule has 0 heterocycles. The summed E-state index contributed by atoms with van der Waals surface area (Å²) < 4.78 is 10.1. The lowest BCUT2D eigenvalue weighted by Crippen LogP contribution is -2.15. The molecule has 4 N–H and O–H groups in total. The minimum absolute atomic E-state index is 0.312. The maximum absolute atomic E-state index is 11.1. The van der Waals surface area contributed by atoms with E-state index in [-0.39, 0.29) is 0 Å². The average Bonchev–Trinajstić information content (AvgIpc) is 2.22. The third-order valence-electron chi connectivity index (χ3n) is 2.24. The molecule has 0 unspecified atom stereocenters. The summed E-state index contributed by atoms with van der Waals surface area (Å²) >= 11 is 0. The molecular formula is C11H16N2O3. The molecule has 0 saturated heterocycles. The first-order valence-electron chi connectivity index (χ1n) is 4.79. The van der Waals surface area contributed by atoms with Gasteiger partial charge in [0.15, 0.2) is 0 Å². The van der Waals surface area contributed by atoms with Crippen LogP contribution in [0, 0.1) is 0 Å². The monoisotopic (exact) mass is 224 g/mol. The lowest BCUT2D eigenvalue weighted by atomic mass is 10.0. The number of amides is 1. The number of hydrogen-bond donors (Lipinski definition) is 2. The Bertz CT molecular complexity index is 391. The van der Waals surface area contributed by atoms with Crippen LogP contribution in [0.15, 0.2) is 12.1 Å². The molecule has 0 fully saturated rings. The minimum Gasteiger partial charge on any atom is -0.398 e. The summed E-state index contributed by atoms with van der Waals surface area (Å²) in [6.45, 7) is 0.807. The van der Waals surface area contributed by atoms with Crippen molar-refractivity contribution in [2.75, 3.05) is 20.0 Å². The molecule has 0 radical (unpaired) electrons. The maximum Gasteiger partial charge on any atom is 0.250 e. The first-order chi connectivity index (χ1) is 7.60. The van der Waals surface area contributed by atoms with Gasteiger partial charge in [-0.2, -0.15) is 0 Å². The number of ether oxygens (including phenoxy) is 2. The summed E-state index contributed by atoms with van der Waals surface area (Å²) in [6, 6.07) is 3.34. The molecule has 0 aliphatic heterocycles. The van der Waals surface area contributed by atoms with Crippen molar-refractivity contribution in [1.82, 2.24) is 0 Å². The zero-order chi connectivity index (χ0) is 12.1. The number of benzene rings is 1. The van der Waals surface area contributed by atoms with Gasteiger partial charge in [0.1, 0.15) is 0 Å². The van der Waals surface area contributed by atoms with E-state index in [4.69, 9.17) is 20.9 Å². The molecule has 5 heteroatoms. The third kappa shape index (κ3) is 2.71. The molecule has 0 atom stereocenters. The second-order valence-corrected chi connectivity index (χ2v) is 3.44. The van der Waals surface area contributed by atoms with Crippen molar-refractivity contribution < 1.29 is 14.3 Å². The van der Waals surface area contributed by atoms with Gasteiger partial charge in [-0.3, -0.25) is 4.79 Å². The fourth-order valence-electron chi connectivity index (χ4n) is 1.50. The lowest BCUT2D eigenvalue weighted by Gasteiger charge is -2.11. The number of carbonyl (C=O) groups is 1. The van der Waals surface area contributed by atoms with Crippen molar-refractivity contribution in [2.24, 2.45) is 5.73 Å². The zero-order valence-electron chi connectivity index (χ0n) is 9.45. The fraction of sp³-hybridized carbons (Fsp3) is 0.364. The number of rotatable bonds is 5. The number of nitrogen functional groups attached to an aromatic ring is 1. The highest BCUT2D eigenvalue weighted by Gasteiger charge is 2.11. The van der Waals surface area contributed by atoms with Gasteiger partial charge in [-0.05, 0) is 23.3 Å². The second kappa shape index (κ2) is 5.48. The van der Waals surface area contributed by atoms with Gasteiger partial charge in [0.25, 0.3) is 5.91 Å². The SMILES string of the molecule is COCc1cc(N)c(C(N)=O)cc1COC. The number of hydrogen-bond acceptors (Lipinski definition) is 4. The fourth-order valence-corrected chi connectivity index (χ4v) is 1.50. The Hall–Kier alpha value is -1.59. The topological polar surface area (TPSA) is 87.6 Å². The van der Waals surface area contributed by atoms with E-state index in [1.807, 2.05) is 0 Å². The summed E-state index contributed by atoms with van der Waals surface area (Å²) in [4.78, 5) is 11.1. The number of anilines is 1. The summed E-state index contributed by atoms with van der Waals surface area (Å²) in [5.74, 6) is -0.543. The van der Waals surface area contributed by atoms with Crippen molar-refractivity contribution in [3.63, 3.8) is 0 Å². The van der Waals surface area contributed by atoms with Crippen LogP contribution < -0.4 is 11.5 Å². The Morgan fingerprint density at radius 1 is 1.19 bits per heavy atom. The van der Waals surface area contributed by atoms with Crippen molar-refractivity contribution >= 4 is 11.6 Å². The van der Waals surface area contributed by atoms with Gasteiger partial charge >= 0.3 is 0 Å². The molecule has 1 aromatic rings. The molecule has 0 aliphatic carbocycles. The quantitative estimate of drug-likeness (QED) is 0.719. The second-order valence-electron chi connectivity index (χ2n) is 3.44. The molecule has 0 aliphatic rings. The molecule has 5 nitrogen and oxygen atoms in total. The van der Waals surface area contributed by atoms with Crippen LogP contribution in [-0.2, 0) is 22.7 Å². The molecule has 0 spiro atoms. The smallest absolute Gasteiger partial charge is 0.250 e. The number of carbonyl (C=O) groups excluding carboxylic acids is 1. The van der Waals surface area contributed by atoms with E-state index in [0.29, 0.717) is 24.5 Å². The van der Waals surface area contributed by atoms with E-state index in [9.17, 15) is 4.79 Å². The molecule has 0 saturated carbocycles. The van der Waals surface area contributed by atoms with Crippen molar-refractivity contribution in [3.8, 4) is 0 Å². The number of methoxy groups -OCH3 is 2.